The van der Waals surface area contributed by atoms with E-state index < -0.39 is 270 Å². The van der Waals surface area contributed by atoms with Gasteiger partial charge in [-0.1, -0.05) is 145 Å². The molecular formula is C46H31NO. The third-order valence-corrected chi connectivity index (χ3v) is 7.06. The van der Waals surface area contributed by atoms with Crippen molar-refractivity contribution in [2.45, 2.75) is 0 Å². The van der Waals surface area contributed by atoms with E-state index in [-0.39, 0.29) is 0 Å². The minimum absolute atomic E-state index is 0.316. The van der Waals surface area contributed by atoms with Gasteiger partial charge in [0.1, 0.15) is 11.2 Å². The number of benzene rings is 8. The summed E-state index contributed by atoms with van der Waals surface area (Å²) in [4.78, 5) is 0.316. The first-order chi connectivity index (χ1) is 36.7. The highest BCUT2D eigenvalue weighted by atomic mass is 16.3. The normalized spacial score (nSPS) is 20.4. The van der Waals surface area contributed by atoms with Crippen molar-refractivity contribution >= 4 is 49.8 Å². The molecule has 1 heterocycles. The maximum absolute atomic E-state index is 9.89. The SMILES string of the molecule is [2H]c1c([2H])c([2H])c(-c2c([2H])c([2H])c(N(c3c([2H])c([2H])c([2H])c([2H])c3[2H])c3c([2H])c([2H])c([2H])c(-c4c([2H])c([2H])c([2H])c5c4oc4c6c([2H])c([2H])c([2H])c([2H])c6c(-c6c([2H])c([2H])c([2H])c([2H])c6[2H])c([2H])c45)c3[2H])c([2H])c2[2H])c([2H])c1[2H]. The summed E-state index contributed by atoms with van der Waals surface area (Å²) in [6.45, 7) is 0. The van der Waals surface area contributed by atoms with Crippen molar-refractivity contribution in [2.24, 2.45) is 0 Å². The standard InChI is InChI=1S/C46H31NO/c1-4-14-32(15-5-1)33-26-28-37(29-27-33)47(36-19-8-3-9-20-36)38-21-12-18-35(30-38)39-24-13-25-42-44-31-43(34-16-6-2-7-17-34)40-22-10-11-23-41(40)46(44)48-45(39)42/h1-31H/i1D,2D,3D,4D,5D,6D,7D,8D,9D,10D,11D,12D,13D,14D,15D,16D,17D,18D,19D,20D,21D,22D,23D,24D,25D,26D,27D,28D,29D,30D,31D. The minimum Gasteiger partial charge on any atom is -0.455 e. The Labute approximate surface area is 323 Å². The van der Waals surface area contributed by atoms with Gasteiger partial charge in [0.15, 0.2) is 0 Å². The average Bonchev–Trinajstić information content (AvgIpc) is 3.38. The number of furan rings is 1. The molecule has 0 aliphatic heterocycles. The van der Waals surface area contributed by atoms with E-state index in [0.29, 0.717) is 4.90 Å². The number of hydrogen-bond acceptors (Lipinski definition) is 2. The number of rotatable bonds is 6. The van der Waals surface area contributed by atoms with Crippen LogP contribution in [0, 0.1) is 0 Å². The van der Waals surface area contributed by atoms with Crippen molar-refractivity contribution in [3.63, 3.8) is 0 Å². The summed E-state index contributed by atoms with van der Waals surface area (Å²) < 4.78 is 282. The van der Waals surface area contributed by atoms with Gasteiger partial charge in [0.05, 0.1) is 42.5 Å². The summed E-state index contributed by atoms with van der Waals surface area (Å²) in [5.74, 6) is 0. The van der Waals surface area contributed by atoms with Gasteiger partial charge in [-0.25, -0.2) is 0 Å². The monoisotopic (exact) mass is 644 g/mol. The second-order valence-corrected chi connectivity index (χ2v) is 9.77. The van der Waals surface area contributed by atoms with Gasteiger partial charge in [0.25, 0.3) is 0 Å². The molecule has 0 aliphatic rings. The Balaban J connectivity index is 1.50. The molecule has 0 atom stereocenters. The molecule has 0 amide bonds. The van der Waals surface area contributed by atoms with Crippen LogP contribution in [-0.4, -0.2) is 0 Å². The van der Waals surface area contributed by atoms with Crippen LogP contribution in [0.3, 0.4) is 0 Å². The van der Waals surface area contributed by atoms with Crippen molar-refractivity contribution in [1.82, 2.24) is 0 Å². The minimum atomic E-state index is -1.27. The molecule has 0 unspecified atom stereocenters. The average molecular weight is 645 g/mol. The van der Waals surface area contributed by atoms with Crippen LogP contribution in [0.2, 0.25) is 0 Å². The van der Waals surface area contributed by atoms with Gasteiger partial charge in [-0.3, -0.25) is 0 Å². The largest absolute Gasteiger partial charge is 0.455 e. The molecule has 0 bridgehead atoms. The lowest BCUT2D eigenvalue weighted by molar-refractivity contribution is 0.674. The van der Waals surface area contributed by atoms with Gasteiger partial charge < -0.3 is 9.32 Å². The van der Waals surface area contributed by atoms with E-state index >= 15 is 0 Å². The smallest absolute Gasteiger partial charge is 0.143 e. The fourth-order valence-corrected chi connectivity index (χ4v) is 5.01. The molecule has 9 rings (SSSR count). The first-order valence-corrected chi connectivity index (χ1v) is 13.8. The van der Waals surface area contributed by atoms with Gasteiger partial charge in [-0.05, 0) is 75.5 Å². The van der Waals surface area contributed by atoms with Gasteiger partial charge in [0, 0.05) is 38.8 Å². The lowest BCUT2D eigenvalue weighted by Crippen LogP contribution is -2.09. The molecule has 226 valence electrons. The number of anilines is 3. The molecule has 2 heteroatoms. The highest BCUT2D eigenvalue weighted by molar-refractivity contribution is 6.20. The summed E-state index contributed by atoms with van der Waals surface area (Å²) in [7, 11) is 0. The quantitative estimate of drug-likeness (QED) is 0.179. The summed E-state index contributed by atoms with van der Waals surface area (Å²) in [5, 5.41) is -2.55. The fourth-order valence-electron chi connectivity index (χ4n) is 5.01. The number of fused-ring (bicyclic) bond motifs is 5. The van der Waals surface area contributed by atoms with E-state index in [2.05, 4.69) is 0 Å². The zero-order valence-electron chi connectivity index (χ0n) is 54.9. The van der Waals surface area contributed by atoms with Crippen molar-refractivity contribution in [2.75, 3.05) is 4.90 Å². The second-order valence-electron chi connectivity index (χ2n) is 9.77. The van der Waals surface area contributed by atoms with E-state index in [1.807, 2.05) is 0 Å². The summed E-state index contributed by atoms with van der Waals surface area (Å²) in [5.41, 5.74) is -9.97. The van der Waals surface area contributed by atoms with E-state index in [1.165, 1.54) is 0 Å². The maximum atomic E-state index is 9.89. The third-order valence-electron chi connectivity index (χ3n) is 7.06. The Morgan fingerprint density at radius 1 is 0.333 bits per heavy atom. The third kappa shape index (κ3) is 4.83. The van der Waals surface area contributed by atoms with Crippen LogP contribution < -0.4 is 4.90 Å². The summed E-state index contributed by atoms with van der Waals surface area (Å²) >= 11 is 0. The molecular weight excluding hydrogens is 583 g/mol. The van der Waals surface area contributed by atoms with Crippen molar-refractivity contribution < 1.29 is 46.9 Å². The number of hydrogen-bond donors (Lipinski definition) is 0. The van der Waals surface area contributed by atoms with E-state index in [9.17, 15) is 15.1 Å². The zero-order valence-corrected chi connectivity index (χ0v) is 23.9. The Morgan fingerprint density at radius 2 is 0.854 bits per heavy atom. The lowest BCUT2D eigenvalue weighted by Gasteiger charge is -2.26. The topological polar surface area (TPSA) is 16.4 Å². The number of nitrogens with zero attached hydrogens (tertiary/aromatic N) is 1. The van der Waals surface area contributed by atoms with Gasteiger partial charge in [0.2, 0.25) is 0 Å². The van der Waals surface area contributed by atoms with E-state index in [1.54, 1.807) is 0 Å². The van der Waals surface area contributed by atoms with E-state index in [4.69, 9.17) is 31.8 Å². The van der Waals surface area contributed by atoms with Crippen LogP contribution in [-0.2, 0) is 0 Å². The first-order valence-electron chi connectivity index (χ1n) is 29.3. The molecule has 1 aromatic heterocycles. The second kappa shape index (κ2) is 11.8. The Kier molecular flexibility index (Phi) is 2.59. The van der Waals surface area contributed by atoms with Crippen LogP contribution in [0.1, 0.15) is 42.5 Å². The van der Waals surface area contributed by atoms with Crippen LogP contribution in [0.25, 0.3) is 66.1 Å². The van der Waals surface area contributed by atoms with Gasteiger partial charge in [-0.15, -0.1) is 0 Å². The highest BCUT2D eigenvalue weighted by Gasteiger charge is 2.19. The van der Waals surface area contributed by atoms with Crippen molar-refractivity contribution in [1.29, 1.82) is 0 Å². The van der Waals surface area contributed by atoms with Crippen molar-refractivity contribution in [3.05, 3.63) is 187 Å². The maximum Gasteiger partial charge on any atom is 0.143 e. The molecule has 0 saturated heterocycles. The predicted octanol–water partition coefficient (Wildman–Crippen LogP) is 13.2. The molecule has 0 fully saturated rings. The molecule has 0 saturated carbocycles. The molecule has 8 aromatic carbocycles. The molecule has 48 heavy (non-hydrogen) atoms. The first kappa shape index (κ1) is 10.6. The molecule has 9 aromatic rings. The highest BCUT2D eigenvalue weighted by Crippen LogP contribution is 2.43. The van der Waals surface area contributed by atoms with Crippen LogP contribution in [0.4, 0.5) is 17.1 Å². The molecule has 0 radical (unpaired) electrons. The fraction of sp³-hybridized carbons (Fsp3) is 0. The molecule has 0 spiro atoms. The number of para-hydroxylation sites is 2. The van der Waals surface area contributed by atoms with Crippen LogP contribution in [0.15, 0.2) is 192 Å². The van der Waals surface area contributed by atoms with E-state index in [0.717, 1.165) is 0 Å². The van der Waals surface area contributed by atoms with Crippen LogP contribution >= 0.6 is 0 Å². The molecule has 0 N–H and O–H groups in total. The van der Waals surface area contributed by atoms with Gasteiger partial charge in [-0.2, -0.15) is 0 Å². The Bertz CT molecular complexity index is 4220. The zero-order chi connectivity index (χ0) is 58.8. The Morgan fingerprint density at radius 3 is 1.60 bits per heavy atom. The molecule has 0 aliphatic carbocycles. The van der Waals surface area contributed by atoms with Crippen molar-refractivity contribution in [3.8, 4) is 33.4 Å². The summed E-state index contributed by atoms with van der Waals surface area (Å²) in [6.07, 6.45) is 0. The lowest BCUT2D eigenvalue weighted by atomic mass is 9.95. The summed E-state index contributed by atoms with van der Waals surface area (Å²) in [6, 6.07) is -32.2. The van der Waals surface area contributed by atoms with Crippen LogP contribution in [0.5, 0.6) is 0 Å². The molecule has 2 nitrogen and oxygen atoms in total. The van der Waals surface area contributed by atoms with Gasteiger partial charge >= 0.3 is 0 Å². The predicted molar refractivity (Wildman–Crippen MR) is 202 cm³/mol. The Hall–Kier alpha value is -6.38.